The molecule has 0 aliphatic rings. The molecule has 1 aromatic carbocycles. The van der Waals surface area contributed by atoms with Crippen LogP contribution in [0.1, 0.15) is 25.1 Å². The molecule has 0 aliphatic heterocycles. The Kier molecular flexibility index (Phi) is 3.49. The van der Waals surface area contributed by atoms with Crippen molar-refractivity contribution in [1.82, 2.24) is 4.98 Å². The molecule has 1 heterocycles. The van der Waals surface area contributed by atoms with Gasteiger partial charge in [-0.1, -0.05) is 35.1 Å². The van der Waals surface area contributed by atoms with E-state index in [0.29, 0.717) is 0 Å². The largest absolute Gasteiger partial charge is 0.361 e. The lowest BCUT2D eigenvalue weighted by atomic mass is 10.1. The molecule has 2 heteroatoms. The minimum atomic E-state index is 1.19. The minimum absolute atomic E-state index is 1.19. The summed E-state index contributed by atoms with van der Waals surface area (Å²) in [6, 6.07) is 10.8. The second-order valence-electron chi connectivity index (χ2n) is 4.48. The van der Waals surface area contributed by atoms with Crippen LogP contribution < -0.4 is 0 Å². The summed E-state index contributed by atoms with van der Waals surface area (Å²) < 4.78 is 0. The summed E-state index contributed by atoms with van der Waals surface area (Å²) in [5.74, 6) is 0. The van der Waals surface area contributed by atoms with Crippen molar-refractivity contribution in [1.29, 1.82) is 0 Å². The Bertz CT molecular complexity index is 560. The van der Waals surface area contributed by atoms with Gasteiger partial charge in [0.1, 0.15) is 0 Å². The highest BCUT2D eigenvalue weighted by Crippen LogP contribution is 2.26. The number of H-pyrrole nitrogens is 1. The Balaban J connectivity index is 2.40. The van der Waals surface area contributed by atoms with E-state index in [2.05, 4.69) is 71.5 Å². The second kappa shape index (κ2) is 4.89. The molecule has 0 bridgehead atoms. The number of hydrogen-bond donors (Lipinski definition) is 1. The van der Waals surface area contributed by atoms with E-state index in [0.717, 1.165) is 0 Å². The van der Waals surface area contributed by atoms with Crippen molar-refractivity contribution in [3.05, 3.63) is 53.1 Å². The Labute approximate surface area is 105 Å². The number of nitrogens with one attached hydrogen (secondary N) is 1. The summed E-state index contributed by atoms with van der Waals surface area (Å²) in [4.78, 5) is 3.33. The summed E-state index contributed by atoms with van der Waals surface area (Å²) in [6.45, 7) is 6.36. The van der Waals surface area contributed by atoms with Crippen LogP contribution in [0.4, 0.5) is 0 Å². The summed E-state index contributed by atoms with van der Waals surface area (Å²) in [7, 11) is 2.75. The fourth-order valence-corrected chi connectivity index (χ4v) is 1.97. The third-order valence-electron chi connectivity index (χ3n) is 3.03. The van der Waals surface area contributed by atoms with Crippen molar-refractivity contribution < 1.29 is 0 Å². The Morgan fingerprint density at radius 1 is 1.12 bits per heavy atom. The zero-order valence-corrected chi connectivity index (χ0v) is 11.7. The number of aromatic amines is 1. The first-order chi connectivity index (χ1) is 8.08. The quantitative estimate of drug-likeness (QED) is 0.741. The van der Waals surface area contributed by atoms with Gasteiger partial charge in [-0.2, -0.15) is 0 Å². The standard InChI is InChI=1S/C15H18NP/c1-10-5-4-6-13(7-10)14-8-15(16-9-14)11(2)12(3)17/h4-9,16H,17H2,1-3H3/b12-11-. The normalized spacial score (nSPS) is 12.5. The van der Waals surface area contributed by atoms with Crippen LogP contribution in [0, 0.1) is 6.92 Å². The van der Waals surface area contributed by atoms with Crippen LogP contribution in [0.25, 0.3) is 16.7 Å². The number of aromatic nitrogens is 1. The van der Waals surface area contributed by atoms with E-state index in [1.807, 2.05) is 0 Å². The van der Waals surface area contributed by atoms with Gasteiger partial charge in [0, 0.05) is 11.9 Å². The lowest BCUT2D eigenvalue weighted by Crippen LogP contribution is -1.79. The fourth-order valence-electron chi connectivity index (χ4n) is 1.81. The van der Waals surface area contributed by atoms with Crippen molar-refractivity contribution in [3.63, 3.8) is 0 Å². The van der Waals surface area contributed by atoms with E-state index < -0.39 is 0 Å². The lowest BCUT2D eigenvalue weighted by molar-refractivity contribution is 1.33. The molecule has 0 fully saturated rings. The molecule has 2 aromatic rings. The van der Waals surface area contributed by atoms with E-state index in [9.17, 15) is 0 Å². The highest BCUT2D eigenvalue weighted by Gasteiger charge is 2.04. The van der Waals surface area contributed by atoms with Gasteiger partial charge in [-0.15, -0.1) is 9.24 Å². The summed E-state index contributed by atoms with van der Waals surface area (Å²) in [5, 5.41) is 1.27. The van der Waals surface area contributed by atoms with Crippen molar-refractivity contribution >= 4 is 14.8 Å². The highest BCUT2D eigenvalue weighted by atomic mass is 31.0. The van der Waals surface area contributed by atoms with Gasteiger partial charge >= 0.3 is 0 Å². The van der Waals surface area contributed by atoms with Crippen molar-refractivity contribution in [3.8, 4) is 11.1 Å². The van der Waals surface area contributed by atoms with E-state index >= 15 is 0 Å². The molecule has 0 saturated carbocycles. The first-order valence-electron chi connectivity index (χ1n) is 5.76. The topological polar surface area (TPSA) is 15.8 Å². The summed E-state index contributed by atoms with van der Waals surface area (Å²) in [5.41, 5.74) is 6.28. The highest BCUT2D eigenvalue weighted by molar-refractivity contribution is 7.22. The van der Waals surface area contributed by atoms with Crippen LogP contribution in [0.2, 0.25) is 0 Å². The van der Waals surface area contributed by atoms with E-state index in [1.165, 1.54) is 33.3 Å². The van der Waals surface area contributed by atoms with Gasteiger partial charge < -0.3 is 4.98 Å². The van der Waals surface area contributed by atoms with Gasteiger partial charge in [-0.3, -0.25) is 0 Å². The average Bonchev–Trinajstić information content (AvgIpc) is 2.77. The zero-order chi connectivity index (χ0) is 12.4. The molecule has 0 aliphatic carbocycles. The monoisotopic (exact) mass is 243 g/mol. The number of aryl methyl sites for hydroxylation is 1. The maximum atomic E-state index is 3.33. The second-order valence-corrected chi connectivity index (χ2v) is 5.35. The molecule has 0 saturated heterocycles. The van der Waals surface area contributed by atoms with Crippen LogP contribution in [-0.4, -0.2) is 4.98 Å². The SMILES string of the molecule is C/C(P)=C(\C)c1cc(-c2cccc(C)c2)c[nH]1. The zero-order valence-electron chi connectivity index (χ0n) is 10.5. The van der Waals surface area contributed by atoms with Crippen molar-refractivity contribution in [2.24, 2.45) is 0 Å². The van der Waals surface area contributed by atoms with Gasteiger partial charge in [0.2, 0.25) is 0 Å². The van der Waals surface area contributed by atoms with Crippen LogP contribution in [0.15, 0.2) is 41.8 Å². The molecule has 1 unspecified atom stereocenters. The molecular weight excluding hydrogens is 225 g/mol. The molecule has 17 heavy (non-hydrogen) atoms. The molecule has 0 spiro atoms. The maximum absolute atomic E-state index is 3.33. The van der Waals surface area contributed by atoms with Crippen molar-refractivity contribution in [2.75, 3.05) is 0 Å². The van der Waals surface area contributed by atoms with Gasteiger partial charge in [0.15, 0.2) is 0 Å². The predicted octanol–water partition coefficient (Wildman–Crippen LogP) is 4.62. The van der Waals surface area contributed by atoms with Crippen LogP contribution >= 0.6 is 9.24 Å². The molecular formula is C15H18NP. The van der Waals surface area contributed by atoms with E-state index in [1.54, 1.807) is 0 Å². The maximum Gasteiger partial charge on any atom is 0.0419 e. The van der Waals surface area contributed by atoms with Gasteiger partial charge in [0.05, 0.1) is 0 Å². The van der Waals surface area contributed by atoms with Crippen LogP contribution in [0.3, 0.4) is 0 Å². The van der Waals surface area contributed by atoms with Gasteiger partial charge in [-0.05, 0) is 43.5 Å². The lowest BCUT2D eigenvalue weighted by Gasteiger charge is -2.00. The Hall–Kier alpha value is -1.33. The molecule has 0 radical (unpaired) electrons. The first-order valence-corrected chi connectivity index (χ1v) is 6.34. The first kappa shape index (κ1) is 12.1. The number of hydrogen-bond acceptors (Lipinski definition) is 0. The van der Waals surface area contributed by atoms with Crippen molar-refractivity contribution in [2.45, 2.75) is 20.8 Å². The third-order valence-corrected chi connectivity index (χ3v) is 3.46. The number of rotatable bonds is 2. The third kappa shape index (κ3) is 2.68. The molecule has 88 valence electrons. The van der Waals surface area contributed by atoms with Gasteiger partial charge in [0.25, 0.3) is 0 Å². The predicted molar refractivity (Wildman–Crippen MR) is 78.9 cm³/mol. The fraction of sp³-hybridized carbons (Fsp3) is 0.200. The Morgan fingerprint density at radius 3 is 2.53 bits per heavy atom. The molecule has 0 amide bonds. The minimum Gasteiger partial charge on any atom is -0.361 e. The number of benzene rings is 1. The molecule has 1 N–H and O–H groups in total. The molecule has 1 nitrogen and oxygen atoms in total. The Morgan fingerprint density at radius 2 is 1.88 bits per heavy atom. The van der Waals surface area contributed by atoms with E-state index in [-0.39, 0.29) is 0 Å². The molecule has 1 atom stereocenters. The van der Waals surface area contributed by atoms with Gasteiger partial charge in [-0.25, -0.2) is 0 Å². The smallest absolute Gasteiger partial charge is 0.0419 e. The number of allylic oxidation sites excluding steroid dienone is 2. The summed E-state index contributed by atoms with van der Waals surface area (Å²) >= 11 is 0. The van der Waals surface area contributed by atoms with Crippen LogP contribution in [-0.2, 0) is 0 Å². The molecule has 1 aromatic heterocycles. The summed E-state index contributed by atoms with van der Waals surface area (Å²) in [6.07, 6.45) is 2.07. The average molecular weight is 243 g/mol. The van der Waals surface area contributed by atoms with Crippen LogP contribution in [0.5, 0.6) is 0 Å². The molecule has 2 rings (SSSR count). The van der Waals surface area contributed by atoms with E-state index in [4.69, 9.17) is 0 Å².